The maximum atomic E-state index is 10.3. The topological polar surface area (TPSA) is 176 Å². The third-order valence-electron chi connectivity index (χ3n) is 0.919. The second kappa shape index (κ2) is 3.16. The number of nitrogens with zero attached hydrogens (tertiary/aromatic N) is 1. The Bertz CT molecular complexity index is 342. The lowest BCUT2D eigenvalue weighted by atomic mass is 10.6. The smallest absolute Gasteiger partial charge is 0.388 e. The normalized spacial score (nSPS) is 15.8. The Kier molecular flexibility index (Phi) is 2.82. The average Bonchev–Trinajstić information content (AvgIpc) is 1.82. The number of rotatable bonds is 3. The fraction of sp³-hybridized carbons (Fsp3) is 0.333. The molecule has 0 radical (unpaired) electrons. The zero-order valence-electron chi connectivity index (χ0n) is 6.08. The van der Waals surface area contributed by atoms with Crippen molar-refractivity contribution in [2.75, 3.05) is 0 Å². The van der Waals surface area contributed by atoms with Crippen LogP contribution in [0.25, 0.3) is 0 Å². The maximum Gasteiger partial charge on any atom is 0.388 e. The summed E-state index contributed by atoms with van der Waals surface area (Å²) in [5.74, 6) is -3.31. The van der Waals surface area contributed by atoms with Gasteiger partial charge in [0.05, 0.1) is 0 Å². The summed E-state index contributed by atoms with van der Waals surface area (Å²) >= 11 is 0. The summed E-state index contributed by atoms with van der Waals surface area (Å²) in [5, 5.41) is 13.3. The van der Waals surface area contributed by atoms with E-state index in [1.807, 2.05) is 0 Å². The Hall–Kier alpha value is -1.39. The van der Waals surface area contributed by atoms with E-state index in [9.17, 15) is 13.2 Å². The standard InChI is InChI=1S/C3H7N3O6S/c4-2(5)6-3(9,1(7)8)13(10,11)12/h9H,(H,7,8)(H4,4,5,6)(H,10,11,12). The van der Waals surface area contributed by atoms with Crippen LogP contribution in [0.5, 0.6) is 0 Å². The predicted molar refractivity (Wildman–Crippen MR) is 39.9 cm³/mol. The van der Waals surface area contributed by atoms with Crippen LogP contribution in [0, 0.1) is 0 Å². The van der Waals surface area contributed by atoms with E-state index in [0.29, 0.717) is 0 Å². The average molecular weight is 213 g/mol. The number of carbonyl (C=O) groups is 1. The van der Waals surface area contributed by atoms with Gasteiger partial charge in [-0.1, -0.05) is 0 Å². The molecular formula is C3H7N3O6S. The molecule has 0 spiro atoms. The molecule has 0 saturated carbocycles. The first kappa shape index (κ1) is 11.6. The summed E-state index contributed by atoms with van der Waals surface area (Å²) < 4.78 is 29.0. The molecule has 0 aliphatic rings. The second-order valence-electron chi connectivity index (χ2n) is 1.93. The molecule has 7 N–H and O–H groups in total. The molecular weight excluding hydrogens is 206 g/mol. The molecule has 0 rings (SSSR count). The Morgan fingerprint density at radius 3 is 1.85 bits per heavy atom. The van der Waals surface area contributed by atoms with E-state index in [4.69, 9.17) is 14.8 Å². The Labute approximate surface area is 72.4 Å². The molecule has 0 aliphatic heterocycles. The number of carboxylic acids is 1. The van der Waals surface area contributed by atoms with Crippen molar-refractivity contribution < 1.29 is 28.0 Å². The first-order chi connectivity index (χ1) is 5.61. The summed E-state index contributed by atoms with van der Waals surface area (Å²) in [6.45, 7) is 0. The number of carboxylic acid groups (broad SMARTS) is 1. The first-order valence-corrected chi connectivity index (χ1v) is 4.09. The highest BCUT2D eigenvalue weighted by molar-refractivity contribution is 7.87. The number of aliphatic imine (C=N–C) groups is 1. The minimum Gasteiger partial charge on any atom is -0.477 e. The molecule has 0 aliphatic carbocycles. The molecule has 0 aromatic rings. The van der Waals surface area contributed by atoms with Gasteiger partial charge in [-0.2, -0.15) is 13.4 Å². The quantitative estimate of drug-likeness (QED) is 0.185. The first-order valence-electron chi connectivity index (χ1n) is 2.65. The maximum absolute atomic E-state index is 10.3. The predicted octanol–water partition coefficient (Wildman–Crippen LogP) is -3.12. The van der Waals surface area contributed by atoms with Crippen LogP contribution in [-0.4, -0.2) is 40.2 Å². The zero-order valence-corrected chi connectivity index (χ0v) is 6.89. The van der Waals surface area contributed by atoms with Crippen LogP contribution in [0.15, 0.2) is 4.99 Å². The molecule has 10 heteroatoms. The van der Waals surface area contributed by atoms with Crippen molar-refractivity contribution in [3.05, 3.63) is 0 Å². The molecule has 0 amide bonds. The molecule has 9 nitrogen and oxygen atoms in total. The van der Waals surface area contributed by atoms with Crippen LogP contribution < -0.4 is 11.5 Å². The van der Waals surface area contributed by atoms with Gasteiger partial charge >= 0.3 is 21.1 Å². The van der Waals surface area contributed by atoms with Crippen molar-refractivity contribution in [3.63, 3.8) is 0 Å². The number of hydrogen-bond acceptors (Lipinski definition) is 5. The number of aliphatic hydroxyl groups is 1. The molecule has 0 saturated heterocycles. The van der Waals surface area contributed by atoms with Crippen molar-refractivity contribution in [1.29, 1.82) is 0 Å². The van der Waals surface area contributed by atoms with Crippen molar-refractivity contribution in [2.45, 2.75) is 5.06 Å². The van der Waals surface area contributed by atoms with Gasteiger partial charge in [0, 0.05) is 0 Å². The van der Waals surface area contributed by atoms with Gasteiger partial charge in [-0.3, -0.25) is 4.55 Å². The molecule has 13 heavy (non-hydrogen) atoms. The molecule has 0 aromatic carbocycles. The van der Waals surface area contributed by atoms with Gasteiger partial charge in [0.1, 0.15) is 0 Å². The van der Waals surface area contributed by atoms with E-state index in [-0.39, 0.29) is 0 Å². The van der Waals surface area contributed by atoms with E-state index >= 15 is 0 Å². The number of aliphatic carboxylic acids is 1. The van der Waals surface area contributed by atoms with Crippen LogP contribution in [0.4, 0.5) is 0 Å². The second-order valence-corrected chi connectivity index (χ2v) is 3.44. The highest BCUT2D eigenvalue weighted by Crippen LogP contribution is 2.14. The zero-order chi connectivity index (χ0) is 10.9. The molecule has 0 bridgehead atoms. The van der Waals surface area contributed by atoms with Crippen molar-refractivity contribution in [3.8, 4) is 0 Å². The Morgan fingerprint density at radius 1 is 1.38 bits per heavy atom. The Balaban J connectivity index is 5.49. The van der Waals surface area contributed by atoms with Crippen LogP contribution in [0.3, 0.4) is 0 Å². The van der Waals surface area contributed by atoms with Crippen molar-refractivity contribution in [1.82, 2.24) is 0 Å². The highest BCUT2D eigenvalue weighted by Gasteiger charge is 2.50. The van der Waals surface area contributed by atoms with Gasteiger partial charge < -0.3 is 21.7 Å². The largest absolute Gasteiger partial charge is 0.477 e. The van der Waals surface area contributed by atoms with Gasteiger partial charge in [0.2, 0.25) is 0 Å². The molecule has 1 unspecified atom stereocenters. The highest BCUT2D eigenvalue weighted by atomic mass is 32.2. The van der Waals surface area contributed by atoms with Crippen LogP contribution in [0.1, 0.15) is 0 Å². The van der Waals surface area contributed by atoms with Crippen molar-refractivity contribution in [2.24, 2.45) is 16.5 Å². The number of hydrogen-bond donors (Lipinski definition) is 5. The number of nitrogens with two attached hydrogens (primary N) is 2. The lowest BCUT2D eigenvalue weighted by molar-refractivity contribution is -0.149. The van der Waals surface area contributed by atoms with Gasteiger partial charge in [-0.25, -0.2) is 4.79 Å². The third-order valence-corrected chi connectivity index (χ3v) is 1.90. The van der Waals surface area contributed by atoms with Crippen molar-refractivity contribution >= 4 is 22.0 Å². The van der Waals surface area contributed by atoms with E-state index in [2.05, 4.69) is 16.5 Å². The van der Waals surface area contributed by atoms with Gasteiger partial charge in [0.25, 0.3) is 0 Å². The number of guanidine groups is 1. The summed E-state index contributed by atoms with van der Waals surface area (Å²) in [4.78, 5) is 12.7. The fourth-order valence-electron chi connectivity index (χ4n) is 0.391. The van der Waals surface area contributed by atoms with Gasteiger partial charge in [-0.05, 0) is 0 Å². The van der Waals surface area contributed by atoms with E-state index in [1.165, 1.54) is 0 Å². The van der Waals surface area contributed by atoms with Crippen LogP contribution in [0.2, 0.25) is 0 Å². The molecule has 0 fully saturated rings. The minimum absolute atomic E-state index is 0.998. The van der Waals surface area contributed by atoms with Crippen LogP contribution in [-0.2, 0) is 14.9 Å². The monoisotopic (exact) mass is 213 g/mol. The lowest BCUT2D eigenvalue weighted by Gasteiger charge is -2.14. The SMILES string of the molecule is NC(N)=NC(O)(C(=O)O)S(=O)(=O)O. The molecule has 0 heterocycles. The molecule has 76 valence electrons. The van der Waals surface area contributed by atoms with E-state index < -0.39 is 27.1 Å². The molecule has 0 aromatic heterocycles. The minimum atomic E-state index is -5.35. The Morgan fingerprint density at radius 2 is 1.77 bits per heavy atom. The molecule has 1 atom stereocenters. The third kappa shape index (κ3) is 2.27. The summed E-state index contributed by atoms with van der Waals surface area (Å²) in [7, 11) is -5.35. The summed E-state index contributed by atoms with van der Waals surface area (Å²) in [6.07, 6.45) is 0. The van der Waals surface area contributed by atoms with Crippen LogP contribution >= 0.6 is 0 Å². The van der Waals surface area contributed by atoms with Gasteiger partial charge in [-0.15, -0.1) is 0 Å². The van der Waals surface area contributed by atoms with Gasteiger partial charge in [0.15, 0.2) is 5.96 Å². The van der Waals surface area contributed by atoms with E-state index in [1.54, 1.807) is 0 Å². The lowest BCUT2D eigenvalue weighted by Crippen LogP contribution is -2.47. The summed E-state index contributed by atoms with van der Waals surface area (Å²) in [6, 6.07) is 0. The summed E-state index contributed by atoms with van der Waals surface area (Å²) in [5.41, 5.74) is 9.28. The van der Waals surface area contributed by atoms with E-state index in [0.717, 1.165) is 0 Å². The fourth-order valence-corrected chi connectivity index (χ4v) is 0.832.